The van der Waals surface area contributed by atoms with Gasteiger partial charge < -0.3 is 4.74 Å². The topological polar surface area (TPSA) is 109 Å². The molecule has 1 atom stereocenters. The number of amides is 1. The second kappa shape index (κ2) is 10.7. The molecule has 1 amide bonds. The number of pyridine rings is 1. The highest BCUT2D eigenvalue weighted by Gasteiger charge is 2.41. The highest BCUT2D eigenvalue weighted by atomic mass is 32.2. The number of hydroxylamine groups is 1. The van der Waals surface area contributed by atoms with Gasteiger partial charge >= 0.3 is 0 Å². The second-order valence-electron chi connectivity index (χ2n) is 7.68. The first-order chi connectivity index (χ1) is 15.0. The Morgan fingerprint density at radius 3 is 2.48 bits per heavy atom. The number of sulfonamides is 1. The SMILES string of the molecule is COc1ccc(S(=O)(=O)N(CCc2ccccn2)[C@@H](C(=O)NO)C2CCCCC2)cc1. The van der Waals surface area contributed by atoms with Crippen molar-refractivity contribution in [3.8, 4) is 5.75 Å². The molecule has 0 saturated heterocycles. The van der Waals surface area contributed by atoms with Crippen molar-refractivity contribution >= 4 is 15.9 Å². The molecular weight excluding hydrogens is 418 g/mol. The van der Waals surface area contributed by atoms with E-state index in [4.69, 9.17) is 4.74 Å². The van der Waals surface area contributed by atoms with Gasteiger partial charge in [0.15, 0.2) is 0 Å². The molecule has 1 fully saturated rings. The molecule has 0 bridgehead atoms. The molecule has 0 aliphatic heterocycles. The molecule has 1 heterocycles. The van der Waals surface area contributed by atoms with Gasteiger partial charge in [0.05, 0.1) is 12.0 Å². The van der Waals surface area contributed by atoms with Crippen molar-refractivity contribution in [2.45, 2.75) is 49.5 Å². The summed E-state index contributed by atoms with van der Waals surface area (Å²) < 4.78 is 33.7. The maximum atomic E-state index is 13.7. The molecule has 2 N–H and O–H groups in total. The lowest BCUT2D eigenvalue weighted by Gasteiger charge is -2.36. The van der Waals surface area contributed by atoms with Crippen LogP contribution in [0.15, 0.2) is 53.6 Å². The molecule has 1 aromatic carbocycles. The minimum absolute atomic E-state index is 0.0694. The zero-order valence-corrected chi connectivity index (χ0v) is 18.4. The predicted octanol–water partition coefficient (Wildman–Crippen LogP) is 2.78. The molecule has 1 saturated carbocycles. The first kappa shape index (κ1) is 23.2. The standard InChI is InChI=1S/C22H29N3O5S/c1-30-19-10-12-20(13-11-19)31(28,29)25(16-14-18-9-5-6-15-23-18)21(22(26)24-27)17-7-3-2-4-8-17/h5-6,9-13,15,17,21,27H,2-4,7-8,14,16H2,1H3,(H,24,26)/t21-/m1/s1. The number of nitrogens with one attached hydrogen (secondary N) is 1. The average molecular weight is 448 g/mol. The summed E-state index contributed by atoms with van der Waals surface area (Å²) in [4.78, 5) is 17.1. The third-order valence-electron chi connectivity index (χ3n) is 5.77. The fourth-order valence-electron chi connectivity index (χ4n) is 4.16. The molecule has 8 nitrogen and oxygen atoms in total. The quantitative estimate of drug-likeness (QED) is 0.452. The Kier molecular flexibility index (Phi) is 8.00. The molecular formula is C22H29N3O5S. The normalized spacial score (nSPS) is 16.1. The summed E-state index contributed by atoms with van der Waals surface area (Å²) >= 11 is 0. The summed E-state index contributed by atoms with van der Waals surface area (Å²) in [6, 6.07) is 10.5. The highest BCUT2D eigenvalue weighted by Crippen LogP contribution is 2.32. The minimum Gasteiger partial charge on any atom is -0.497 e. The van der Waals surface area contributed by atoms with E-state index in [1.807, 2.05) is 12.1 Å². The maximum Gasteiger partial charge on any atom is 0.262 e. The van der Waals surface area contributed by atoms with Crippen LogP contribution in [0.5, 0.6) is 5.75 Å². The van der Waals surface area contributed by atoms with Crippen LogP contribution in [-0.2, 0) is 21.2 Å². The summed E-state index contributed by atoms with van der Waals surface area (Å²) in [5.41, 5.74) is 2.43. The van der Waals surface area contributed by atoms with Gasteiger partial charge in [-0.1, -0.05) is 25.3 Å². The Labute approximate surface area is 183 Å². The van der Waals surface area contributed by atoms with Gasteiger partial charge in [0.1, 0.15) is 11.8 Å². The van der Waals surface area contributed by atoms with Crippen LogP contribution in [0.2, 0.25) is 0 Å². The van der Waals surface area contributed by atoms with Gasteiger partial charge in [0.2, 0.25) is 10.0 Å². The summed E-state index contributed by atoms with van der Waals surface area (Å²) in [6.07, 6.45) is 6.37. The number of aromatic nitrogens is 1. The summed E-state index contributed by atoms with van der Waals surface area (Å²) in [5, 5.41) is 9.42. The fourth-order valence-corrected chi connectivity index (χ4v) is 5.81. The van der Waals surface area contributed by atoms with Crippen molar-refractivity contribution in [1.82, 2.24) is 14.8 Å². The van der Waals surface area contributed by atoms with Gasteiger partial charge in [-0.2, -0.15) is 4.31 Å². The van der Waals surface area contributed by atoms with E-state index >= 15 is 0 Å². The van der Waals surface area contributed by atoms with Crippen LogP contribution in [0, 0.1) is 5.92 Å². The van der Waals surface area contributed by atoms with Gasteiger partial charge in [-0.3, -0.25) is 15.0 Å². The van der Waals surface area contributed by atoms with Crippen molar-refractivity contribution in [3.05, 3.63) is 54.4 Å². The van der Waals surface area contributed by atoms with E-state index in [-0.39, 0.29) is 17.4 Å². The Hall–Kier alpha value is -2.49. The zero-order chi connectivity index (χ0) is 22.3. The summed E-state index contributed by atoms with van der Waals surface area (Å²) in [6.45, 7) is 0.0694. The fraction of sp³-hybridized carbons (Fsp3) is 0.455. The number of hydrogen-bond acceptors (Lipinski definition) is 6. The van der Waals surface area contributed by atoms with Crippen molar-refractivity contribution < 1.29 is 23.2 Å². The predicted molar refractivity (Wildman–Crippen MR) is 115 cm³/mol. The lowest BCUT2D eigenvalue weighted by atomic mass is 9.83. The number of rotatable bonds is 9. The third-order valence-corrected chi connectivity index (χ3v) is 7.66. The van der Waals surface area contributed by atoms with Crippen LogP contribution < -0.4 is 10.2 Å². The molecule has 3 rings (SSSR count). The highest BCUT2D eigenvalue weighted by molar-refractivity contribution is 7.89. The Bertz CT molecular complexity index is 945. The van der Waals surface area contributed by atoms with E-state index in [9.17, 15) is 18.4 Å². The average Bonchev–Trinajstić information content (AvgIpc) is 2.82. The van der Waals surface area contributed by atoms with E-state index in [2.05, 4.69) is 4.98 Å². The molecule has 2 aromatic rings. The first-order valence-electron chi connectivity index (χ1n) is 10.5. The van der Waals surface area contributed by atoms with E-state index in [0.29, 0.717) is 12.2 Å². The van der Waals surface area contributed by atoms with E-state index in [0.717, 1.165) is 37.8 Å². The molecule has 0 unspecified atom stereocenters. The van der Waals surface area contributed by atoms with Gasteiger partial charge in [-0.25, -0.2) is 13.9 Å². The van der Waals surface area contributed by atoms with Gasteiger partial charge in [0.25, 0.3) is 5.91 Å². The maximum absolute atomic E-state index is 13.7. The van der Waals surface area contributed by atoms with Crippen molar-refractivity contribution in [2.24, 2.45) is 5.92 Å². The lowest BCUT2D eigenvalue weighted by Crippen LogP contribution is -2.53. The van der Waals surface area contributed by atoms with Crippen LogP contribution in [0.25, 0.3) is 0 Å². The molecule has 1 aromatic heterocycles. The largest absolute Gasteiger partial charge is 0.497 e. The Morgan fingerprint density at radius 2 is 1.90 bits per heavy atom. The van der Waals surface area contributed by atoms with Crippen molar-refractivity contribution in [1.29, 1.82) is 0 Å². The molecule has 1 aliphatic rings. The van der Waals surface area contributed by atoms with E-state index in [1.54, 1.807) is 29.9 Å². The molecule has 168 valence electrons. The van der Waals surface area contributed by atoms with Crippen LogP contribution in [-0.4, -0.2) is 48.5 Å². The van der Waals surface area contributed by atoms with Crippen LogP contribution in [0.1, 0.15) is 37.8 Å². The molecule has 0 spiro atoms. The van der Waals surface area contributed by atoms with Crippen molar-refractivity contribution in [2.75, 3.05) is 13.7 Å². The Morgan fingerprint density at radius 1 is 1.19 bits per heavy atom. The van der Waals surface area contributed by atoms with Crippen LogP contribution in [0.4, 0.5) is 0 Å². The third kappa shape index (κ3) is 5.61. The number of nitrogens with zero attached hydrogens (tertiary/aromatic N) is 2. The summed E-state index contributed by atoms with van der Waals surface area (Å²) in [5.74, 6) is -0.335. The number of hydrogen-bond donors (Lipinski definition) is 2. The molecule has 0 radical (unpaired) electrons. The molecule has 1 aliphatic carbocycles. The lowest BCUT2D eigenvalue weighted by molar-refractivity contribution is -0.135. The number of ether oxygens (including phenoxy) is 1. The van der Waals surface area contributed by atoms with Gasteiger partial charge in [-0.05, 0) is 55.2 Å². The summed E-state index contributed by atoms with van der Waals surface area (Å²) in [7, 11) is -2.51. The smallest absolute Gasteiger partial charge is 0.262 e. The number of carbonyl (C=O) groups excluding carboxylic acids is 1. The van der Waals surface area contributed by atoms with Crippen LogP contribution >= 0.6 is 0 Å². The van der Waals surface area contributed by atoms with Crippen LogP contribution in [0.3, 0.4) is 0 Å². The molecule has 31 heavy (non-hydrogen) atoms. The molecule has 9 heteroatoms. The van der Waals surface area contributed by atoms with Crippen molar-refractivity contribution in [3.63, 3.8) is 0 Å². The minimum atomic E-state index is -4.02. The zero-order valence-electron chi connectivity index (χ0n) is 17.6. The van der Waals surface area contributed by atoms with Gasteiger partial charge in [-0.15, -0.1) is 0 Å². The first-order valence-corrected chi connectivity index (χ1v) is 11.9. The van der Waals surface area contributed by atoms with E-state index < -0.39 is 22.0 Å². The van der Waals surface area contributed by atoms with E-state index in [1.165, 1.54) is 23.5 Å². The number of methoxy groups -OCH3 is 1. The second-order valence-corrected chi connectivity index (χ2v) is 9.57. The monoisotopic (exact) mass is 447 g/mol. The van der Waals surface area contributed by atoms with Gasteiger partial charge in [0, 0.05) is 24.9 Å². The number of carbonyl (C=O) groups is 1. The Balaban J connectivity index is 1.99. The number of benzene rings is 1.